The van der Waals surface area contributed by atoms with Crippen LogP contribution in [0, 0.1) is 0 Å². The molecule has 6 heteroatoms. The highest BCUT2D eigenvalue weighted by atomic mass is 79.9. The molecule has 74 valence electrons. The first kappa shape index (κ1) is 14.9. The van der Waals surface area contributed by atoms with Crippen LogP contribution in [-0.4, -0.2) is 5.84 Å². The SMILES string of the molecule is N/[NH+]=C(\N[NH3+])c1ccccc1.[Br-].[Br-]. The van der Waals surface area contributed by atoms with Crippen LogP contribution in [0.1, 0.15) is 5.56 Å². The van der Waals surface area contributed by atoms with Gasteiger partial charge >= 0.3 is 5.84 Å². The maximum Gasteiger partial charge on any atom is 0.346 e. The van der Waals surface area contributed by atoms with Crippen LogP contribution in [0.3, 0.4) is 0 Å². The molecule has 0 aliphatic rings. The van der Waals surface area contributed by atoms with E-state index in [0.717, 1.165) is 5.56 Å². The molecule has 0 unspecified atom stereocenters. The number of hydrazone groups is 1. The molecule has 7 N–H and O–H groups in total. The lowest BCUT2D eigenvalue weighted by Crippen LogP contribution is -3.00. The van der Waals surface area contributed by atoms with Crippen molar-refractivity contribution in [1.29, 1.82) is 0 Å². The Bertz CT molecular complexity index is 250. The Kier molecular flexibility index (Phi) is 9.21. The first-order chi connectivity index (χ1) is 5.38. The lowest BCUT2D eigenvalue weighted by Gasteiger charge is -1.93. The molecule has 4 nitrogen and oxygen atoms in total. The van der Waals surface area contributed by atoms with E-state index in [9.17, 15) is 0 Å². The van der Waals surface area contributed by atoms with Crippen LogP contribution >= 0.6 is 0 Å². The smallest absolute Gasteiger partial charge is 0.346 e. The molecule has 0 aliphatic heterocycles. The maximum absolute atomic E-state index is 5.23. The maximum atomic E-state index is 5.23. The molecule has 1 aromatic rings. The largest absolute Gasteiger partial charge is 1.00 e. The van der Waals surface area contributed by atoms with Gasteiger partial charge in [-0.15, -0.1) is 5.43 Å². The minimum atomic E-state index is 0. The van der Waals surface area contributed by atoms with Gasteiger partial charge in [-0.3, -0.25) is 5.84 Å². The fraction of sp³-hybridized carbons (Fsp3) is 0. The predicted octanol–water partition coefficient (Wildman–Crippen LogP) is -8.86. The molecule has 0 bridgehead atoms. The average molecular weight is 312 g/mol. The van der Waals surface area contributed by atoms with Crippen molar-refractivity contribution in [3.05, 3.63) is 35.9 Å². The first-order valence-electron chi connectivity index (χ1n) is 3.30. The number of nitrogens with two attached hydrogens (primary N) is 1. The normalized spacial score (nSPS) is 9.46. The van der Waals surface area contributed by atoms with Crippen LogP contribution < -0.4 is 56.2 Å². The van der Waals surface area contributed by atoms with Gasteiger partial charge in [0.15, 0.2) is 0 Å². The third-order valence-corrected chi connectivity index (χ3v) is 1.38. The number of amidine groups is 1. The van der Waals surface area contributed by atoms with Crippen molar-refractivity contribution in [2.24, 2.45) is 5.84 Å². The summed E-state index contributed by atoms with van der Waals surface area (Å²) in [5.74, 6) is 9.44. The van der Waals surface area contributed by atoms with Crippen LogP contribution in [0.4, 0.5) is 0 Å². The summed E-state index contributed by atoms with van der Waals surface area (Å²) >= 11 is 0. The van der Waals surface area contributed by atoms with Gasteiger partial charge in [0.2, 0.25) is 0 Å². The van der Waals surface area contributed by atoms with Crippen molar-refractivity contribution in [3.8, 4) is 0 Å². The highest BCUT2D eigenvalue weighted by Crippen LogP contribution is 1.94. The molecule has 1 rings (SSSR count). The molecule has 0 fully saturated rings. The van der Waals surface area contributed by atoms with Crippen LogP contribution in [-0.2, 0) is 0 Å². The molecule has 1 aromatic carbocycles. The van der Waals surface area contributed by atoms with Gasteiger partial charge in [-0.05, 0) is 12.1 Å². The summed E-state index contributed by atoms with van der Waals surface area (Å²) in [6.07, 6.45) is 0. The third kappa shape index (κ3) is 4.25. The second-order valence-electron chi connectivity index (χ2n) is 2.06. The second-order valence-corrected chi connectivity index (χ2v) is 2.06. The minimum absolute atomic E-state index is 0. The van der Waals surface area contributed by atoms with Crippen molar-refractivity contribution in [3.63, 3.8) is 0 Å². The van der Waals surface area contributed by atoms with Gasteiger partial charge in [0.05, 0.1) is 5.56 Å². The minimum Gasteiger partial charge on any atom is -1.00 e. The average Bonchev–Trinajstić information content (AvgIpc) is 2.09. The van der Waals surface area contributed by atoms with E-state index in [4.69, 9.17) is 5.84 Å². The molecule has 0 aliphatic carbocycles. The Labute approximate surface area is 97.9 Å². The number of hydrazine groups is 1. The van der Waals surface area contributed by atoms with Gasteiger partial charge in [-0.1, -0.05) is 18.2 Å². The first-order valence-corrected chi connectivity index (χ1v) is 3.30. The van der Waals surface area contributed by atoms with Gasteiger partial charge in [-0.25, -0.2) is 0 Å². The number of rotatable bonds is 1. The van der Waals surface area contributed by atoms with Crippen LogP contribution in [0.25, 0.3) is 0 Å². The summed E-state index contributed by atoms with van der Waals surface area (Å²) in [6, 6.07) is 9.69. The van der Waals surface area contributed by atoms with E-state index in [1.165, 1.54) is 0 Å². The zero-order valence-corrected chi connectivity index (χ0v) is 10.1. The van der Waals surface area contributed by atoms with Gasteiger partial charge in [0, 0.05) is 0 Å². The van der Waals surface area contributed by atoms with Gasteiger partial charge in [0.1, 0.15) is 0 Å². The van der Waals surface area contributed by atoms with Gasteiger partial charge in [-0.2, -0.15) is 10.9 Å². The summed E-state index contributed by atoms with van der Waals surface area (Å²) in [5, 5.41) is 2.51. The molecule has 0 atom stereocenters. The molecule has 0 heterocycles. The molecule has 0 radical (unpaired) electrons. The summed E-state index contributed by atoms with van der Waals surface area (Å²) in [6.45, 7) is 0. The third-order valence-electron chi connectivity index (χ3n) is 1.38. The Hall–Kier alpha value is -0.590. The Balaban J connectivity index is 0. The molecule has 0 aromatic heterocycles. The van der Waals surface area contributed by atoms with Crippen molar-refractivity contribution < 1.29 is 44.9 Å². The molecule has 0 spiro atoms. The van der Waals surface area contributed by atoms with E-state index in [1.54, 1.807) is 0 Å². The van der Waals surface area contributed by atoms with E-state index in [0.29, 0.717) is 5.84 Å². The standard InChI is InChI=1S/C7H10N4.2BrH/c8-10-7(11-9)6-4-2-1-3-5-6;;/h1-5H,8-9H2,(H,10,11);2*1H. The van der Waals surface area contributed by atoms with Gasteiger partial charge < -0.3 is 34.0 Å². The monoisotopic (exact) mass is 310 g/mol. The Morgan fingerprint density at radius 2 is 1.77 bits per heavy atom. The van der Waals surface area contributed by atoms with E-state index < -0.39 is 0 Å². The highest BCUT2D eigenvalue weighted by molar-refractivity contribution is 5.93. The fourth-order valence-electron chi connectivity index (χ4n) is 0.841. The summed E-state index contributed by atoms with van der Waals surface area (Å²) in [7, 11) is 0. The van der Waals surface area contributed by atoms with E-state index in [1.807, 2.05) is 30.3 Å². The van der Waals surface area contributed by atoms with Crippen LogP contribution in [0.15, 0.2) is 30.3 Å². The number of hydrogen-bond donors (Lipinski definition) is 4. The van der Waals surface area contributed by atoms with Crippen LogP contribution in [0.2, 0.25) is 0 Å². The lowest BCUT2D eigenvalue weighted by molar-refractivity contribution is -0.497. The van der Waals surface area contributed by atoms with Crippen molar-refractivity contribution in [2.45, 2.75) is 0 Å². The summed E-state index contributed by atoms with van der Waals surface area (Å²) in [4.78, 5) is 0. The molecular formula is C7H12Br2N4. The number of quaternary nitrogens is 1. The number of benzene rings is 1. The van der Waals surface area contributed by atoms with Gasteiger partial charge in [0.25, 0.3) is 0 Å². The zero-order chi connectivity index (χ0) is 8.10. The van der Waals surface area contributed by atoms with Crippen molar-refractivity contribution in [1.82, 2.24) is 5.43 Å². The zero-order valence-electron chi connectivity index (χ0n) is 6.93. The molecule has 0 saturated carbocycles. The summed E-state index contributed by atoms with van der Waals surface area (Å²) in [5.41, 5.74) is 3.69. The molecule has 13 heavy (non-hydrogen) atoms. The van der Waals surface area contributed by atoms with E-state index in [-0.39, 0.29) is 34.0 Å². The quantitative estimate of drug-likeness (QED) is 0.180. The van der Waals surface area contributed by atoms with Crippen LogP contribution in [0.5, 0.6) is 0 Å². The highest BCUT2D eigenvalue weighted by Gasteiger charge is 2.06. The number of nitrogens with one attached hydrogen (secondary N) is 2. The molecular weight excluding hydrogens is 300 g/mol. The lowest BCUT2D eigenvalue weighted by atomic mass is 10.2. The summed E-state index contributed by atoms with van der Waals surface area (Å²) < 4.78 is 0. The number of hydrogen-bond acceptors (Lipinski definition) is 1. The fourth-order valence-corrected chi connectivity index (χ4v) is 0.841. The molecule has 0 amide bonds. The van der Waals surface area contributed by atoms with E-state index in [2.05, 4.69) is 16.4 Å². The predicted molar refractivity (Wildman–Crippen MR) is 41.7 cm³/mol. The number of halogens is 2. The van der Waals surface area contributed by atoms with Crippen molar-refractivity contribution >= 4 is 5.84 Å². The topological polar surface area (TPSA) is 79.7 Å². The molecule has 0 saturated heterocycles. The van der Waals surface area contributed by atoms with Crippen molar-refractivity contribution in [2.75, 3.05) is 0 Å². The Morgan fingerprint density at radius 1 is 1.23 bits per heavy atom. The Morgan fingerprint density at radius 3 is 2.15 bits per heavy atom. The van der Waals surface area contributed by atoms with E-state index >= 15 is 0 Å². The second kappa shape index (κ2) is 8.03.